The molecule has 0 spiro atoms. The van der Waals surface area contributed by atoms with Crippen LogP contribution in [0.15, 0.2) is 0 Å². The van der Waals surface area contributed by atoms with Gasteiger partial charge in [-0.25, -0.2) is 0 Å². The summed E-state index contributed by atoms with van der Waals surface area (Å²) in [5, 5.41) is 34.5. The predicted octanol–water partition coefficient (Wildman–Crippen LogP) is -4.96. The molecule has 0 aromatic rings. The molecule has 10 nitrogen and oxygen atoms in total. The number of aliphatic carboxylic acids is 4. The summed E-state index contributed by atoms with van der Waals surface area (Å²) in [6.45, 7) is -2.25. The molecule has 0 aliphatic carbocycles. The second-order valence-electron chi connectivity index (χ2n) is 4.00. The quantitative estimate of drug-likeness (QED) is 0.252. The van der Waals surface area contributed by atoms with Crippen molar-refractivity contribution in [1.82, 2.24) is 9.80 Å². The van der Waals surface area contributed by atoms with Crippen molar-refractivity contribution in [2.24, 2.45) is 0 Å². The van der Waals surface area contributed by atoms with E-state index < -0.39 is 50.1 Å². The minimum atomic E-state index is -1.23. The van der Waals surface area contributed by atoms with E-state index in [1.165, 1.54) is 0 Å². The first kappa shape index (κ1) is 26.8. The standard InChI is InChI=1S/C10H16N2O8.Co.K.H/c13-7(14)3-11(4-8(15)16)1-2-12(5-9(17)18)6-10(19)20;;;/h1-6H2,(H,13,14)(H,15,16)(H,17,18)(H,19,20);;;/q;;+1;-1. The molecule has 1 radical (unpaired) electrons. The van der Waals surface area contributed by atoms with Gasteiger partial charge in [-0.2, -0.15) is 0 Å². The summed E-state index contributed by atoms with van der Waals surface area (Å²) in [5.74, 6) is -4.91. The van der Waals surface area contributed by atoms with E-state index in [0.29, 0.717) is 0 Å². The van der Waals surface area contributed by atoms with E-state index in [9.17, 15) is 19.2 Å². The molecule has 0 atom stereocenters. The van der Waals surface area contributed by atoms with Gasteiger partial charge in [-0.3, -0.25) is 29.0 Å². The maximum absolute atomic E-state index is 10.6. The Morgan fingerprint density at radius 3 is 0.955 bits per heavy atom. The summed E-state index contributed by atoms with van der Waals surface area (Å²) in [6, 6.07) is 0. The molecular formula is C10H17CoKN2O8. The van der Waals surface area contributed by atoms with Crippen LogP contribution in [0.5, 0.6) is 0 Å². The maximum atomic E-state index is 10.6. The monoisotopic (exact) mass is 391 g/mol. The molecule has 125 valence electrons. The molecule has 12 heteroatoms. The van der Waals surface area contributed by atoms with Crippen LogP contribution in [0.2, 0.25) is 0 Å². The molecule has 0 rings (SSSR count). The van der Waals surface area contributed by atoms with Crippen LogP contribution in [0, 0.1) is 0 Å². The first-order chi connectivity index (χ1) is 9.20. The maximum Gasteiger partial charge on any atom is 1.00 e. The summed E-state index contributed by atoms with van der Waals surface area (Å²) >= 11 is 0. The first-order valence-electron chi connectivity index (χ1n) is 5.52. The molecular weight excluding hydrogens is 374 g/mol. The smallest absolute Gasteiger partial charge is 1.00 e. The summed E-state index contributed by atoms with van der Waals surface area (Å²) in [5.41, 5.74) is 0. The zero-order valence-electron chi connectivity index (χ0n) is 12.9. The van der Waals surface area contributed by atoms with Gasteiger partial charge < -0.3 is 21.9 Å². The fourth-order valence-electron chi connectivity index (χ4n) is 1.48. The van der Waals surface area contributed by atoms with Crippen molar-refractivity contribution in [3.63, 3.8) is 0 Å². The molecule has 0 aromatic heterocycles. The summed E-state index contributed by atoms with van der Waals surface area (Å²) in [4.78, 5) is 44.4. The van der Waals surface area contributed by atoms with Crippen LogP contribution >= 0.6 is 0 Å². The second kappa shape index (κ2) is 14.5. The van der Waals surface area contributed by atoms with Gasteiger partial charge in [0.25, 0.3) is 0 Å². The van der Waals surface area contributed by atoms with Crippen molar-refractivity contribution in [3.05, 3.63) is 0 Å². The Bertz CT molecular complexity index is 333. The van der Waals surface area contributed by atoms with Gasteiger partial charge in [0.05, 0.1) is 26.2 Å². The summed E-state index contributed by atoms with van der Waals surface area (Å²) in [7, 11) is 0. The molecule has 0 saturated heterocycles. The second-order valence-corrected chi connectivity index (χ2v) is 4.00. The third-order valence-corrected chi connectivity index (χ3v) is 2.17. The molecule has 22 heavy (non-hydrogen) atoms. The minimum Gasteiger partial charge on any atom is -1.00 e. The Kier molecular flexibility index (Phi) is 17.7. The normalized spacial score (nSPS) is 9.73. The molecule has 0 aliphatic heterocycles. The van der Waals surface area contributed by atoms with Crippen LogP contribution in [-0.2, 0) is 36.0 Å². The zero-order valence-corrected chi connectivity index (χ0v) is 16.1. The van der Waals surface area contributed by atoms with Gasteiger partial charge in [-0.05, 0) is 0 Å². The topological polar surface area (TPSA) is 156 Å². The molecule has 0 fully saturated rings. The molecule has 0 heterocycles. The van der Waals surface area contributed by atoms with Gasteiger partial charge in [-0.15, -0.1) is 0 Å². The van der Waals surface area contributed by atoms with Crippen molar-refractivity contribution in [2.75, 3.05) is 39.3 Å². The van der Waals surface area contributed by atoms with Crippen LogP contribution in [0.4, 0.5) is 0 Å². The number of carboxylic acid groups (broad SMARTS) is 4. The van der Waals surface area contributed by atoms with E-state index in [2.05, 4.69) is 0 Å². The van der Waals surface area contributed by atoms with Gasteiger partial charge in [0, 0.05) is 29.9 Å². The molecule has 0 amide bonds. The van der Waals surface area contributed by atoms with Gasteiger partial charge >= 0.3 is 75.3 Å². The van der Waals surface area contributed by atoms with E-state index >= 15 is 0 Å². The van der Waals surface area contributed by atoms with Crippen LogP contribution < -0.4 is 51.4 Å². The van der Waals surface area contributed by atoms with Crippen molar-refractivity contribution in [2.45, 2.75) is 0 Å². The molecule has 0 bridgehead atoms. The Balaban J connectivity index is -0.000000602. The van der Waals surface area contributed by atoms with Crippen molar-refractivity contribution in [1.29, 1.82) is 0 Å². The van der Waals surface area contributed by atoms with Crippen molar-refractivity contribution in [3.8, 4) is 0 Å². The number of carboxylic acids is 4. The summed E-state index contributed by atoms with van der Waals surface area (Å²) < 4.78 is 0. The molecule has 4 N–H and O–H groups in total. The van der Waals surface area contributed by atoms with Crippen molar-refractivity contribution >= 4 is 23.9 Å². The van der Waals surface area contributed by atoms with Crippen LogP contribution in [-0.4, -0.2) is 93.4 Å². The SMILES string of the molecule is O=C(O)CN(CCN(CC(=O)O)CC(=O)O)CC(=O)O.[Co].[H-].[K+]. The summed E-state index contributed by atoms with van der Waals surface area (Å²) in [6.07, 6.45) is 0. The molecule has 0 aliphatic rings. The van der Waals surface area contributed by atoms with Crippen LogP contribution in [0.3, 0.4) is 0 Å². The van der Waals surface area contributed by atoms with E-state index in [-0.39, 0.29) is 82.7 Å². The molecule has 0 unspecified atom stereocenters. The Morgan fingerprint density at radius 2 is 0.818 bits per heavy atom. The van der Waals surface area contributed by atoms with Crippen LogP contribution in [0.25, 0.3) is 0 Å². The minimum absolute atomic E-state index is 0. The number of hydrogen-bond acceptors (Lipinski definition) is 6. The van der Waals surface area contributed by atoms with Gasteiger partial charge in [0.2, 0.25) is 0 Å². The average molecular weight is 391 g/mol. The van der Waals surface area contributed by atoms with E-state index in [1.54, 1.807) is 0 Å². The third kappa shape index (κ3) is 16.3. The Labute approximate surface area is 180 Å². The van der Waals surface area contributed by atoms with Gasteiger partial charge in [0.15, 0.2) is 0 Å². The molecule has 0 aromatic carbocycles. The predicted molar refractivity (Wildman–Crippen MR) is 64.5 cm³/mol. The number of nitrogens with zero attached hydrogens (tertiary/aromatic N) is 2. The third-order valence-electron chi connectivity index (χ3n) is 2.17. The number of rotatable bonds is 11. The fraction of sp³-hybridized carbons (Fsp3) is 0.600. The van der Waals surface area contributed by atoms with E-state index in [1.807, 2.05) is 0 Å². The molecule has 0 saturated carbocycles. The van der Waals surface area contributed by atoms with E-state index in [0.717, 1.165) is 9.80 Å². The van der Waals surface area contributed by atoms with Gasteiger partial charge in [0.1, 0.15) is 0 Å². The zero-order chi connectivity index (χ0) is 15.7. The van der Waals surface area contributed by atoms with Gasteiger partial charge in [-0.1, -0.05) is 0 Å². The van der Waals surface area contributed by atoms with E-state index in [4.69, 9.17) is 20.4 Å². The van der Waals surface area contributed by atoms with Crippen molar-refractivity contribution < 1.29 is 109 Å². The Hall–Kier alpha value is -0.0571. The Morgan fingerprint density at radius 1 is 0.636 bits per heavy atom. The number of hydrogen-bond donors (Lipinski definition) is 4. The number of carbonyl (C=O) groups is 4. The largest absolute Gasteiger partial charge is 1.00 e. The fourth-order valence-corrected chi connectivity index (χ4v) is 1.48. The van der Waals surface area contributed by atoms with Crippen LogP contribution in [0.1, 0.15) is 1.43 Å². The average Bonchev–Trinajstić information content (AvgIpc) is 2.22. The first-order valence-corrected chi connectivity index (χ1v) is 5.52.